The Morgan fingerprint density at radius 3 is 2.56 bits per heavy atom. The molecule has 1 N–H and O–H groups in total. The summed E-state index contributed by atoms with van der Waals surface area (Å²) in [6.07, 6.45) is 5.56. The molecule has 1 saturated carbocycles. The quantitative estimate of drug-likeness (QED) is 0.616. The fraction of sp³-hybridized carbons (Fsp3) is 0.929. The molecule has 4 nitrogen and oxygen atoms in total. The van der Waals surface area contributed by atoms with Crippen molar-refractivity contribution in [3.05, 3.63) is 0 Å². The van der Waals surface area contributed by atoms with Crippen molar-refractivity contribution in [2.45, 2.75) is 45.1 Å². The van der Waals surface area contributed by atoms with Crippen molar-refractivity contribution < 1.29 is 4.74 Å². The predicted molar refractivity (Wildman–Crippen MR) is 74.9 cm³/mol. The van der Waals surface area contributed by atoms with Crippen LogP contribution >= 0.6 is 0 Å². The van der Waals surface area contributed by atoms with E-state index in [0.29, 0.717) is 5.41 Å². The van der Waals surface area contributed by atoms with Crippen molar-refractivity contribution in [3.63, 3.8) is 0 Å². The van der Waals surface area contributed by atoms with Crippen molar-refractivity contribution in [1.29, 1.82) is 0 Å². The zero-order chi connectivity index (χ0) is 13.2. The highest BCUT2D eigenvalue weighted by Gasteiger charge is 2.43. The van der Waals surface area contributed by atoms with Crippen molar-refractivity contribution in [3.8, 4) is 0 Å². The fourth-order valence-electron chi connectivity index (χ4n) is 2.90. The van der Waals surface area contributed by atoms with E-state index in [1.165, 1.54) is 32.2 Å². The van der Waals surface area contributed by atoms with E-state index in [1.807, 2.05) is 7.05 Å². The van der Waals surface area contributed by atoms with Gasteiger partial charge in [-0.2, -0.15) is 0 Å². The molecular weight excluding hydrogens is 226 g/mol. The number of nitrogens with zero attached hydrogens (tertiary/aromatic N) is 2. The summed E-state index contributed by atoms with van der Waals surface area (Å²) in [7, 11) is 3.62. The van der Waals surface area contributed by atoms with Gasteiger partial charge in [0.05, 0.1) is 5.60 Å². The Hall–Kier alpha value is -0.770. The second-order valence-corrected chi connectivity index (χ2v) is 6.39. The Kier molecular flexibility index (Phi) is 3.85. The van der Waals surface area contributed by atoms with E-state index < -0.39 is 0 Å². The van der Waals surface area contributed by atoms with Gasteiger partial charge in [0.15, 0.2) is 5.96 Å². The SMILES string of the molecule is CN=C(NCC(C)(C)OC)N1CCC2(CCC2)C1. The number of ether oxygens (including phenoxy) is 1. The van der Waals surface area contributed by atoms with E-state index >= 15 is 0 Å². The van der Waals surface area contributed by atoms with Crippen LogP contribution < -0.4 is 5.32 Å². The van der Waals surface area contributed by atoms with Crippen LogP contribution in [0.2, 0.25) is 0 Å². The van der Waals surface area contributed by atoms with Crippen LogP contribution in [0.5, 0.6) is 0 Å². The smallest absolute Gasteiger partial charge is 0.193 e. The van der Waals surface area contributed by atoms with Crippen LogP contribution in [0.25, 0.3) is 0 Å². The van der Waals surface area contributed by atoms with Crippen LogP contribution in [0.4, 0.5) is 0 Å². The summed E-state index contributed by atoms with van der Waals surface area (Å²) in [5.74, 6) is 1.03. The number of guanidine groups is 1. The van der Waals surface area contributed by atoms with Gasteiger partial charge in [0, 0.05) is 33.8 Å². The highest BCUT2D eigenvalue weighted by molar-refractivity contribution is 5.80. The molecule has 2 fully saturated rings. The molecule has 0 aromatic heterocycles. The molecule has 0 amide bonds. The first-order valence-electron chi connectivity index (χ1n) is 7.01. The van der Waals surface area contributed by atoms with Crippen molar-refractivity contribution in [1.82, 2.24) is 10.2 Å². The zero-order valence-electron chi connectivity index (χ0n) is 12.3. The van der Waals surface area contributed by atoms with Gasteiger partial charge in [-0.05, 0) is 38.5 Å². The minimum Gasteiger partial charge on any atom is -0.377 e. The van der Waals surface area contributed by atoms with Crippen LogP contribution in [0.1, 0.15) is 39.5 Å². The molecule has 104 valence electrons. The van der Waals surface area contributed by atoms with Crippen molar-refractivity contribution in [2.75, 3.05) is 33.8 Å². The molecule has 0 radical (unpaired) electrons. The Morgan fingerprint density at radius 2 is 2.11 bits per heavy atom. The maximum Gasteiger partial charge on any atom is 0.193 e. The minimum absolute atomic E-state index is 0.149. The first-order chi connectivity index (χ1) is 8.50. The van der Waals surface area contributed by atoms with Crippen LogP contribution in [0.3, 0.4) is 0 Å². The van der Waals surface area contributed by atoms with Crippen molar-refractivity contribution >= 4 is 5.96 Å². The molecule has 0 unspecified atom stereocenters. The summed E-state index contributed by atoms with van der Waals surface area (Å²) < 4.78 is 5.43. The second kappa shape index (κ2) is 5.08. The van der Waals surface area contributed by atoms with Crippen LogP contribution in [-0.2, 0) is 4.74 Å². The summed E-state index contributed by atoms with van der Waals surface area (Å²) >= 11 is 0. The van der Waals surface area contributed by atoms with Crippen molar-refractivity contribution in [2.24, 2.45) is 10.4 Å². The van der Waals surface area contributed by atoms with Gasteiger partial charge in [-0.3, -0.25) is 4.99 Å². The normalized spacial score (nSPS) is 23.3. The number of methoxy groups -OCH3 is 1. The topological polar surface area (TPSA) is 36.9 Å². The number of nitrogens with one attached hydrogen (secondary N) is 1. The molecule has 1 heterocycles. The average molecular weight is 253 g/mol. The monoisotopic (exact) mass is 253 g/mol. The molecule has 0 aromatic carbocycles. The average Bonchev–Trinajstić information content (AvgIpc) is 2.75. The zero-order valence-corrected chi connectivity index (χ0v) is 12.3. The summed E-state index contributed by atoms with van der Waals surface area (Å²) in [5.41, 5.74) is 0.470. The summed E-state index contributed by atoms with van der Waals surface area (Å²) in [4.78, 5) is 6.81. The number of hydrogen-bond acceptors (Lipinski definition) is 2. The Morgan fingerprint density at radius 1 is 1.39 bits per heavy atom. The Bertz CT molecular complexity index is 321. The third-order valence-corrected chi connectivity index (χ3v) is 4.59. The van der Waals surface area contributed by atoms with Gasteiger partial charge in [0.25, 0.3) is 0 Å². The maximum atomic E-state index is 5.43. The molecule has 0 bridgehead atoms. The van der Waals surface area contributed by atoms with Gasteiger partial charge < -0.3 is 15.0 Å². The highest BCUT2D eigenvalue weighted by Crippen LogP contribution is 2.47. The fourth-order valence-corrected chi connectivity index (χ4v) is 2.90. The summed E-state index contributed by atoms with van der Waals surface area (Å²) in [5, 5.41) is 3.44. The number of hydrogen-bond donors (Lipinski definition) is 1. The first-order valence-corrected chi connectivity index (χ1v) is 7.01. The van der Waals surface area contributed by atoms with Gasteiger partial charge in [0.1, 0.15) is 0 Å². The van der Waals surface area contributed by atoms with E-state index in [4.69, 9.17) is 4.74 Å². The highest BCUT2D eigenvalue weighted by atomic mass is 16.5. The minimum atomic E-state index is -0.149. The number of aliphatic imine (C=N–C) groups is 1. The first kappa shape index (κ1) is 13.7. The molecule has 1 spiro atoms. The lowest BCUT2D eigenvalue weighted by Crippen LogP contribution is -2.47. The molecule has 2 rings (SSSR count). The van der Waals surface area contributed by atoms with Crippen LogP contribution in [-0.4, -0.2) is 50.3 Å². The summed E-state index contributed by atoms with van der Waals surface area (Å²) in [6.45, 7) is 7.29. The van der Waals surface area contributed by atoms with Gasteiger partial charge in [-0.15, -0.1) is 0 Å². The van der Waals surface area contributed by atoms with Gasteiger partial charge in [-0.1, -0.05) is 6.42 Å². The standard InChI is InChI=1S/C14H27N3O/c1-13(2,18-4)10-16-12(15-3)17-9-8-14(11-17)6-5-7-14/h5-11H2,1-4H3,(H,15,16). The van der Waals surface area contributed by atoms with E-state index in [0.717, 1.165) is 19.0 Å². The lowest BCUT2D eigenvalue weighted by atomic mass is 9.68. The largest absolute Gasteiger partial charge is 0.377 e. The molecule has 18 heavy (non-hydrogen) atoms. The van der Waals surface area contributed by atoms with E-state index in [9.17, 15) is 0 Å². The maximum absolute atomic E-state index is 5.43. The molecule has 0 aromatic rings. The van der Waals surface area contributed by atoms with Gasteiger partial charge in [-0.25, -0.2) is 0 Å². The Labute approximate surface area is 111 Å². The molecule has 1 saturated heterocycles. The van der Waals surface area contributed by atoms with E-state index in [2.05, 4.69) is 29.1 Å². The Balaban J connectivity index is 1.86. The number of likely N-dealkylation sites (tertiary alicyclic amines) is 1. The van der Waals surface area contributed by atoms with E-state index in [1.54, 1.807) is 7.11 Å². The lowest BCUT2D eigenvalue weighted by Gasteiger charge is -2.38. The van der Waals surface area contributed by atoms with Gasteiger partial charge in [0.2, 0.25) is 0 Å². The van der Waals surface area contributed by atoms with Crippen LogP contribution in [0.15, 0.2) is 4.99 Å². The molecule has 1 aliphatic carbocycles. The third kappa shape index (κ3) is 2.79. The summed E-state index contributed by atoms with van der Waals surface area (Å²) in [6, 6.07) is 0. The lowest BCUT2D eigenvalue weighted by molar-refractivity contribution is 0.0263. The number of rotatable bonds is 3. The molecule has 2 aliphatic rings. The molecule has 0 atom stereocenters. The van der Waals surface area contributed by atoms with Crippen LogP contribution in [0, 0.1) is 5.41 Å². The molecule has 1 aliphatic heterocycles. The third-order valence-electron chi connectivity index (χ3n) is 4.59. The van der Waals surface area contributed by atoms with E-state index in [-0.39, 0.29) is 5.60 Å². The predicted octanol–water partition coefficient (Wildman–Crippen LogP) is 1.86. The molecular formula is C14H27N3O. The second-order valence-electron chi connectivity index (χ2n) is 6.39. The van der Waals surface area contributed by atoms with Gasteiger partial charge >= 0.3 is 0 Å². The molecule has 4 heteroatoms.